The average molecular weight is 321 g/mol. The lowest BCUT2D eigenvalue weighted by atomic mass is 9.85. The second-order valence-corrected chi connectivity index (χ2v) is 6.43. The van der Waals surface area contributed by atoms with Crippen molar-refractivity contribution in [1.82, 2.24) is 4.98 Å². The predicted octanol–water partition coefficient (Wildman–Crippen LogP) is 3.49. The van der Waals surface area contributed by atoms with Gasteiger partial charge in [-0.1, -0.05) is 6.07 Å². The van der Waals surface area contributed by atoms with Crippen LogP contribution in [-0.2, 0) is 5.41 Å². The van der Waals surface area contributed by atoms with Crippen molar-refractivity contribution in [3.8, 4) is 11.5 Å². The molecule has 0 bridgehead atoms. The fourth-order valence-electron chi connectivity index (χ4n) is 2.21. The number of methoxy groups -OCH3 is 2. The van der Waals surface area contributed by atoms with Gasteiger partial charge in [0.15, 0.2) is 11.5 Å². The van der Waals surface area contributed by atoms with Gasteiger partial charge in [-0.2, -0.15) is 0 Å². The van der Waals surface area contributed by atoms with Crippen LogP contribution in [0.4, 0.5) is 0 Å². The molecule has 0 saturated heterocycles. The number of aromatic nitrogens is 1. The minimum Gasteiger partial charge on any atom is -0.493 e. The Kier molecular flexibility index (Phi) is 4.42. The zero-order valence-corrected chi connectivity index (χ0v) is 14.1. The first kappa shape index (κ1) is 16.3. The third-order valence-electron chi connectivity index (χ3n) is 3.63. The maximum atomic E-state index is 11.2. The molecule has 5 nitrogen and oxygen atoms in total. The van der Waals surface area contributed by atoms with Crippen LogP contribution in [-0.4, -0.2) is 30.3 Å². The quantitative estimate of drug-likeness (QED) is 0.913. The van der Waals surface area contributed by atoms with E-state index in [2.05, 4.69) is 4.98 Å². The Hall–Kier alpha value is -2.08. The smallest absolute Gasteiger partial charge is 0.347 e. The average Bonchev–Trinajstić information content (AvgIpc) is 2.89. The Morgan fingerprint density at radius 1 is 1.23 bits per heavy atom. The Bertz CT molecular complexity index is 706. The van der Waals surface area contributed by atoms with E-state index < -0.39 is 11.4 Å². The normalized spacial score (nSPS) is 11.3. The first-order chi connectivity index (χ1) is 10.3. The molecule has 22 heavy (non-hydrogen) atoms. The van der Waals surface area contributed by atoms with Gasteiger partial charge in [0, 0.05) is 5.41 Å². The van der Waals surface area contributed by atoms with E-state index in [1.54, 1.807) is 21.1 Å². The van der Waals surface area contributed by atoms with Crippen LogP contribution in [0.5, 0.6) is 11.5 Å². The molecule has 0 aliphatic heterocycles. The first-order valence-corrected chi connectivity index (χ1v) is 7.56. The molecule has 2 rings (SSSR count). The zero-order chi connectivity index (χ0) is 16.5. The van der Waals surface area contributed by atoms with Crippen molar-refractivity contribution in [2.45, 2.75) is 26.2 Å². The van der Waals surface area contributed by atoms with Crippen LogP contribution in [0.2, 0.25) is 0 Å². The van der Waals surface area contributed by atoms with Gasteiger partial charge in [0.25, 0.3) is 0 Å². The SMILES string of the molecule is COc1ccc(C(C)(C)c2nc(C)c(C(=O)O)s2)cc1OC. The summed E-state index contributed by atoms with van der Waals surface area (Å²) < 4.78 is 10.6. The predicted molar refractivity (Wildman–Crippen MR) is 85.5 cm³/mol. The number of nitrogens with zero attached hydrogens (tertiary/aromatic N) is 1. The van der Waals surface area contributed by atoms with Crippen LogP contribution < -0.4 is 9.47 Å². The van der Waals surface area contributed by atoms with Gasteiger partial charge in [0.1, 0.15) is 9.88 Å². The molecule has 1 aromatic carbocycles. The lowest BCUT2D eigenvalue weighted by molar-refractivity contribution is 0.0701. The van der Waals surface area contributed by atoms with Crippen molar-refractivity contribution in [3.05, 3.63) is 39.3 Å². The fraction of sp³-hybridized carbons (Fsp3) is 0.375. The van der Waals surface area contributed by atoms with Gasteiger partial charge in [-0.15, -0.1) is 11.3 Å². The van der Waals surface area contributed by atoms with Crippen molar-refractivity contribution in [2.75, 3.05) is 14.2 Å². The van der Waals surface area contributed by atoms with Crippen LogP contribution in [0.3, 0.4) is 0 Å². The minimum atomic E-state index is -0.940. The zero-order valence-electron chi connectivity index (χ0n) is 13.3. The summed E-state index contributed by atoms with van der Waals surface area (Å²) in [7, 11) is 3.18. The van der Waals surface area contributed by atoms with E-state index in [4.69, 9.17) is 9.47 Å². The van der Waals surface area contributed by atoms with Crippen molar-refractivity contribution in [2.24, 2.45) is 0 Å². The molecule has 0 radical (unpaired) electrons. The summed E-state index contributed by atoms with van der Waals surface area (Å²) >= 11 is 1.21. The Balaban J connectivity index is 2.50. The van der Waals surface area contributed by atoms with Gasteiger partial charge in [-0.05, 0) is 38.5 Å². The monoisotopic (exact) mass is 321 g/mol. The van der Waals surface area contributed by atoms with Gasteiger partial charge < -0.3 is 14.6 Å². The number of carbonyl (C=O) groups is 1. The minimum absolute atomic E-state index is 0.281. The molecule has 6 heteroatoms. The Labute approximate surface area is 133 Å². The summed E-state index contributed by atoms with van der Waals surface area (Å²) in [6, 6.07) is 5.68. The lowest BCUT2D eigenvalue weighted by Crippen LogP contribution is -2.18. The summed E-state index contributed by atoms with van der Waals surface area (Å²) in [6.07, 6.45) is 0. The maximum absolute atomic E-state index is 11.2. The molecule has 0 saturated carbocycles. The molecular formula is C16H19NO4S. The molecule has 0 fully saturated rings. The second-order valence-electron chi connectivity index (χ2n) is 5.43. The lowest BCUT2D eigenvalue weighted by Gasteiger charge is -2.23. The van der Waals surface area contributed by atoms with E-state index in [0.29, 0.717) is 17.2 Å². The Morgan fingerprint density at radius 2 is 1.86 bits per heavy atom. The molecule has 118 valence electrons. The summed E-state index contributed by atoms with van der Waals surface area (Å²) in [6.45, 7) is 5.74. The summed E-state index contributed by atoms with van der Waals surface area (Å²) in [5.41, 5.74) is 1.10. The van der Waals surface area contributed by atoms with Crippen molar-refractivity contribution in [3.63, 3.8) is 0 Å². The highest BCUT2D eigenvalue weighted by Crippen LogP contribution is 2.39. The molecular weight excluding hydrogens is 302 g/mol. The third-order valence-corrected chi connectivity index (χ3v) is 5.10. The molecule has 0 amide bonds. The number of hydrogen-bond acceptors (Lipinski definition) is 5. The largest absolute Gasteiger partial charge is 0.493 e. The molecule has 0 aliphatic carbocycles. The van der Waals surface area contributed by atoms with Gasteiger partial charge >= 0.3 is 5.97 Å². The molecule has 2 aromatic rings. The van der Waals surface area contributed by atoms with Gasteiger partial charge in [-0.25, -0.2) is 9.78 Å². The van der Waals surface area contributed by atoms with Crippen molar-refractivity contribution >= 4 is 17.3 Å². The topological polar surface area (TPSA) is 68.7 Å². The van der Waals surface area contributed by atoms with E-state index in [1.165, 1.54) is 11.3 Å². The van der Waals surface area contributed by atoms with Crippen molar-refractivity contribution < 1.29 is 19.4 Å². The van der Waals surface area contributed by atoms with Crippen LogP contribution >= 0.6 is 11.3 Å². The number of thiazole rings is 1. The van der Waals surface area contributed by atoms with Gasteiger partial charge in [0.2, 0.25) is 0 Å². The summed E-state index contributed by atoms with van der Waals surface area (Å²) in [5.74, 6) is 0.354. The number of benzene rings is 1. The van der Waals surface area contributed by atoms with E-state index in [9.17, 15) is 9.90 Å². The number of aryl methyl sites for hydroxylation is 1. The van der Waals surface area contributed by atoms with E-state index in [-0.39, 0.29) is 4.88 Å². The van der Waals surface area contributed by atoms with E-state index >= 15 is 0 Å². The molecule has 0 spiro atoms. The first-order valence-electron chi connectivity index (χ1n) is 6.75. The molecule has 0 unspecified atom stereocenters. The van der Waals surface area contributed by atoms with Crippen LogP contribution in [0.1, 0.15) is 39.8 Å². The van der Waals surface area contributed by atoms with E-state index in [0.717, 1.165) is 10.6 Å². The molecule has 1 heterocycles. The molecule has 1 aromatic heterocycles. The number of carboxylic acids is 1. The summed E-state index contributed by atoms with van der Waals surface area (Å²) in [4.78, 5) is 15.9. The highest BCUT2D eigenvalue weighted by molar-refractivity contribution is 7.13. The molecule has 0 aliphatic rings. The fourth-order valence-corrected chi connectivity index (χ4v) is 3.24. The number of aromatic carboxylic acids is 1. The highest BCUT2D eigenvalue weighted by Gasteiger charge is 2.30. The van der Waals surface area contributed by atoms with Crippen LogP contribution in [0, 0.1) is 6.92 Å². The highest BCUT2D eigenvalue weighted by atomic mass is 32.1. The van der Waals surface area contributed by atoms with Gasteiger partial charge in [0.05, 0.1) is 19.9 Å². The Morgan fingerprint density at radius 3 is 2.36 bits per heavy atom. The van der Waals surface area contributed by atoms with Gasteiger partial charge in [-0.3, -0.25) is 0 Å². The standard InChI is InChI=1S/C16H19NO4S/c1-9-13(14(18)19)22-15(17-9)16(2,3)10-6-7-11(20-4)12(8-10)21-5/h6-8H,1-5H3,(H,18,19). The van der Waals surface area contributed by atoms with E-state index in [1.807, 2.05) is 32.0 Å². The van der Waals surface area contributed by atoms with Crippen LogP contribution in [0.25, 0.3) is 0 Å². The number of carboxylic acid groups (broad SMARTS) is 1. The number of rotatable bonds is 5. The maximum Gasteiger partial charge on any atom is 0.347 e. The summed E-state index contributed by atoms with van der Waals surface area (Å²) in [5, 5.41) is 9.96. The third kappa shape index (κ3) is 2.78. The van der Waals surface area contributed by atoms with Crippen LogP contribution in [0.15, 0.2) is 18.2 Å². The van der Waals surface area contributed by atoms with Crippen molar-refractivity contribution in [1.29, 1.82) is 0 Å². The second kappa shape index (κ2) is 5.96. The number of hydrogen-bond donors (Lipinski definition) is 1. The molecule has 0 atom stereocenters. The molecule has 1 N–H and O–H groups in total. The number of ether oxygens (including phenoxy) is 2.